The fraction of sp³-hybridized carbons (Fsp3) is 1.00. The van der Waals surface area contributed by atoms with Crippen LogP contribution in [0.5, 0.6) is 0 Å². The van der Waals surface area contributed by atoms with Gasteiger partial charge in [-0.3, -0.25) is 0 Å². The Labute approximate surface area is 96.0 Å². The van der Waals surface area contributed by atoms with Crippen LogP contribution in [0.15, 0.2) is 0 Å². The molecule has 0 spiro atoms. The Morgan fingerprint density at radius 2 is 1.47 bits per heavy atom. The zero-order valence-corrected chi connectivity index (χ0v) is 10.6. The molecule has 1 saturated heterocycles. The molecule has 2 rings (SSSR count). The molecule has 90 valence electrons. The summed E-state index contributed by atoms with van der Waals surface area (Å²) in [5.41, 5.74) is 0. The third-order valence-electron chi connectivity index (χ3n) is 3.63. The van der Waals surface area contributed by atoms with Gasteiger partial charge in [-0.05, 0) is 31.8 Å². The van der Waals surface area contributed by atoms with Crippen molar-refractivity contribution in [3.8, 4) is 0 Å². The van der Waals surface area contributed by atoms with E-state index in [1.165, 1.54) is 77.3 Å². The van der Waals surface area contributed by atoms with Gasteiger partial charge in [0, 0.05) is 0 Å². The van der Waals surface area contributed by atoms with Crippen molar-refractivity contribution in [3.63, 3.8) is 0 Å². The normalized spacial score (nSPS) is 23.0. The predicted molar refractivity (Wildman–Crippen MR) is 68.2 cm³/mol. The lowest BCUT2D eigenvalue weighted by Gasteiger charge is -2.20. The van der Waals surface area contributed by atoms with Gasteiger partial charge in [0.2, 0.25) is 0 Å². The first-order chi connectivity index (χ1) is 7.43. The number of hydrogen-bond donors (Lipinski definition) is 1. The van der Waals surface area contributed by atoms with Crippen LogP contribution in [0, 0.1) is 5.92 Å². The largest absolute Gasteiger partial charge is 0.317 e. The maximum atomic E-state index is 3.28. The lowest BCUT2D eigenvalue weighted by atomic mass is 9.86. The molecular formula is C14H29N. The minimum absolute atomic E-state index is 1.10. The average molecular weight is 211 g/mol. The molecular weight excluding hydrogens is 182 g/mol. The molecule has 15 heavy (non-hydrogen) atoms. The van der Waals surface area contributed by atoms with Crippen molar-refractivity contribution < 1.29 is 0 Å². The van der Waals surface area contributed by atoms with Crippen LogP contribution >= 0.6 is 0 Å². The zero-order valence-electron chi connectivity index (χ0n) is 10.6. The van der Waals surface area contributed by atoms with Crippen LogP contribution in [0.1, 0.15) is 71.1 Å². The lowest BCUT2D eigenvalue weighted by molar-refractivity contribution is 0.336. The minimum atomic E-state index is 1.10. The van der Waals surface area contributed by atoms with Gasteiger partial charge in [0.15, 0.2) is 0 Å². The smallest absolute Gasteiger partial charge is 0.00489 e. The highest BCUT2D eigenvalue weighted by Crippen LogP contribution is 2.26. The van der Waals surface area contributed by atoms with E-state index in [2.05, 4.69) is 12.2 Å². The molecule has 1 N–H and O–H groups in total. The Morgan fingerprint density at radius 3 is 1.87 bits per heavy atom. The molecule has 0 aromatic rings. The third kappa shape index (κ3) is 6.94. The summed E-state index contributed by atoms with van der Waals surface area (Å²) in [6.07, 6.45) is 14.6. The van der Waals surface area contributed by atoms with Gasteiger partial charge in [-0.1, -0.05) is 58.3 Å². The second-order valence-electron chi connectivity index (χ2n) is 5.10. The SMILES string of the molecule is C1CCNCC1.CCCC1CCCCC1. The molecule has 2 fully saturated rings. The first-order valence-corrected chi connectivity index (χ1v) is 7.14. The number of hydrogen-bond acceptors (Lipinski definition) is 1. The van der Waals surface area contributed by atoms with Crippen LogP contribution in [0.4, 0.5) is 0 Å². The zero-order chi connectivity index (χ0) is 10.8. The minimum Gasteiger partial charge on any atom is -0.317 e. The molecule has 0 atom stereocenters. The molecule has 1 aliphatic carbocycles. The molecule has 0 unspecified atom stereocenters. The Hall–Kier alpha value is -0.0400. The number of piperidine rings is 1. The molecule has 2 aliphatic rings. The van der Waals surface area contributed by atoms with Gasteiger partial charge in [-0.15, -0.1) is 0 Å². The average Bonchev–Trinajstić information content (AvgIpc) is 2.34. The maximum absolute atomic E-state index is 3.28. The van der Waals surface area contributed by atoms with Gasteiger partial charge in [-0.25, -0.2) is 0 Å². The Bertz CT molecular complexity index is 109. The van der Waals surface area contributed by atoms with Crippen molar-refractivity contribution in [2.24, 2.45) is 5.92 Å². The van der Waals surface area contributed by atoms with Gasteiger partial charge in [-0.2, -0.15) is 0 Å². The number of nitrogens with one attached hydrogen (secondary N) is 1. The Balaban J connectivity index is 0.000000162. The van der Waals surface area contributed by atoms with Gasteiger partial charge >= 0.3 is 0 Å². The lowest BCUT2D eigenvalue weighted by Crippen LogP contribution is -2.21. The highest BCUT2D eigenvalue weighted by Gasteiger charge is 2.10. The van der Waals surface area contributed by atoms with Crippen LogP contribution < -0.4 is 5.32 Å². The Morgan fingerprint density at radius 1 is 0.867 bits per heavy atom. The quantitative estimate of drug-likeness (QED) is 0.724. The van der Waals surface area contributed by atoms with E-state index in [4.69, 9.17) is 0 Å². The number of rotatable bonds is 2. The molecule has 1 aliphatic heterocycles. The van der Waals surface area contributed by atoms with Crippen molar-refractivity contribution >= 4 is 0 Å². The van der Waals surface area contributed by atoms with E-state index < -0.39 is 0 Å². The molecule has 0 amide bonds. The van der Waals surface area contributed by atoms with Crippen molar-refractivity contribution in [2.75, 3.05) is 13.1 Å². The van der Waals surface area contributed by atoms with Crippen LogP contribution in [-0.4, -0.2) is 13.1 Å². The predicted octanol–water partition coefficient (Wildman–Crippen LogP) is 4.13. The molecule has 1 saturated carbocycles. The summed E-state index contributed by atoms with van der Waals surface area (Å²) >= 11 is 0. The van der Waals surface area contributed by atoms with E-state index in [0.717, 1.165) is 5.92 Å². The van der Waals surface area contributed by atoms with E-state index in [9.17, 15) is 0 Å². The first kappa shape index (κ1) is 13.0. The molecule has 0 bridgehead atoms. The standard InChI is InChI=1S/C9H18.C5H11N/c1-2-6-9-7-4-3-5-8-9;1-2-4-6-5-3-1/h9H,2-8H2,1H3;6H,1-5H2. The van der Waals surface area contributed by atoms with Crippen LogP contribution in [0.3, 0.4) is 0 Å². The second kappa shape index (κ2) is 9.21. The monoisotopic (exact) mass is 211 g/mol. The summed E-state index contributed by atoms with van der Waals surface area (Å²) < 4.78 is 0. The van der Waals surface area contributed by atoms with Crippen LogP contribution in [0.2, 0.25) is 0 Å². The fourth-order valence-corrected chi connectivity index (χ4v) is 2.69. The summed E-state index contributed by atoms with van der Waals surface area (Å²) in [5, 5.41) is 3.28. The summed E-state index contributed by atoms with van der Waals surface area (Å²) in [6, 6.07) is 0. The van der Waals surface area contributed by atoms with Gasteiger partial charge in [0.25, 0.3) is 0 Å². The van der Waals surface area contributed by atoms with E-state index in [1.54, 1.807) is 0 Å². The van der Waals surface area contributed by atoms with Crippen molar-refractivity contribution in [3.05, 3.63) is 0 Å². The van der Waals surface area contributed by atoms with E-state index in [1.807, 2.05) is 0 Å². The summed E-state index contributed by atoms with van der Waals surface area (Å²) in [5.74, 6) is 1.10. The highest BCUT2D eigenvalue weighted by atomic mass is 14.9. The summed E-state index contributed by atoms with van der Waals surface area (Å²) in [7, 11) is 0. The van der Waals surface area contributed by atoms with E-state index >= 15 is 0 Å². The van der Waals surface area contributed by atoms with Crippen LogP contribution in [-0.2, 0) is 0 Å². The second-order valence-corrected chi connectivity index (χ2v) is 5.10. The molecule has 0 aromatic carbocycles. The molecule has 0 aromatic heterocycles. The van der Waals surface area contributed by atoms with Crippen LogP contribution in [0.25, 0.3) is 0 Å². The van der Waals surface area contributed by atoms with E-state index in [0.29, 0.717) is 0 Å². The fourth-order valence-electron chi connectivity index (χ4n) is 2.69. The van der Waals surface area contributed by atoms with Gasteiger partial charge in [0.05, 0.1) is 0 Å². The van der Waals surface area contributed by atoms with E-state index in [-0.39, 0.29) is 0 Å². The first-order valence-electron chi connectivity index (χ1n) is 7.14. The van der Waals surface area contributed by atoms with Crippen molar-refractivity contribution in [1.29, 1.82) is 0 Å². The van der Waals surface area contributed by atoms with Gasteiger partial charge < -0.3 is 5.32 Å². The summed E-state index contributed by atoms with van der Waals surface area (Å²) in [4.78, 5) is 0. The molecule has 0 radical (unpaired) electrons. The molecule has 1 heterocycles. The van der Waals surface area contributed by atoms with Crippen molar-refractivity contribution in [1.82, 2.24) is 5.32 Å². The Kier molecular flexibility index (Phi) is 7.99. The summed E-state index contributed by atoms with van der Waals surface area (Å²) in [6.45, 7) is 4.80. The van der Waals surface area contributed by atoms with Gasteiger partial charge in [0.1, 0.15) is 0 Å². The maximum Gasteiger partial charge on any atom is -0.00489 e. The topological polar surface area (TPSA) is 12.0 Å². The third-order valence-corrected chi connectivity index (χ3v) is 3.63. The molecule has 1 nitrogen and oxygen atoms in total. The highest BCUT2D eigenvalue weighted by molar-refractivity contribution is 4.64. The van der Waals surface area contributed by atoms with Crippen molar-refractivity contribution in [2.45, 2.75) is 71.1 Å². The molecule has 1 heteroatoms.